The van der Waals surface area contributed by atoms with Crippen molar-refractivity contribution in [3.8, 4) is 0 Å². The summed E-state index contributed by atoms with van der Waals surface area (Å²) < 4.78 is 29.2. The van der Waals surface area contributed by atoms with Gasteiger partial charge in [0.2, 0.25) is 0 Å². The van der Waals surface area contributed by atoms with Crippen molar-refractivity contribution in [3.63, 3.8) is 0 Å². The Morgan fingerprint density at radius 2 is 2.05 bits per heavy atom. The van der Waals surface area contributed by atoms with Crippen LogP contribution in [0.2, 0.25) is 5.02 Å². The molecule has 1 heterocycles. The van der Waals surface area contributed by atoms with Crippen molar-refractivity contribution in [1.82, 2.24) is 15.1 Å². The fraction of sp³-hybridized carbons (Fsp3) is 0.357. The third-order valence-corrected chi connectivity index (χ3v) is 3.58. The second-order valence-corrected chi connectivity index (χ2v) is 4.95. The van der Waals surface area contributed by atoms with Gasteiger partial charge < -0.3 is 5.32 Å². The zero-order chi connectivity index (χ0) is 14.9. The lowest BCUT2D eigenvalue weighted by Gasteiger charge is -2.20. The molecular weight excluding hydrogens is 284 g/mol. The van der Waals surface area contributed by atoms with Crippen LogP contribution in [0.3, 0.4) is 0 Å². The van der Waals surface area contributed by atoms with Crippen LogP contribution in [0.1, 0.15) is 29.8 Å². The first kappa shape index (κ1) is 14.9. The minimum atomic E-state index is -0.604. The molecule has 0 aliphatic rings. The topological polar surface area (TPSA) is 29.9 Å². The third-order valence-electron chi connectivity index (χ3n) is 3.28. The number of rotatable bonds is 4. The first-order valence-electron chi connectivity index (χ1n) is 6.33. The van der Waals surface area contributed by atoms with E-state index >= 15 is 0 Å². The lowest BCUT2D eigenvalue weighted by Crippen LogP contribution is -2.23. The molecule has 0 saturated carbocycles. The molecule has 2 aromatic rings. The van der Waals surface area contributed by atoms with E-state index in [1.54, 1.807) is 18.7 Å². The molecule has 6 heteroatoms. The molecule has 1 aromatic heterocycles. The highest BCUT2D eigenvalue weighted by atomic mass is 35.5. The van der Waals surface area contributed by atoms with E-state index in [1.807, 2.05) is 6.92 Å². The summed E-state index contributed by atoms with van der Waals surface area (Å²) >= 11 is 6.15. The monoisotopic (exact) mass is 299 g/mol. The molecule has 0 fully saturated rings. The molecule has 2 rings (SSSR count). The van der Waals surface area contributed by atoms with Crippen LogP contribution in [-0.4, -0.2) is 16.8 Å². The molecule has 0 amide bonds. The normalized spacial score (nSPS) is 12.7. The van der Waals surface area contributed by atoms with E-state index in [9.17, 15) is 8.78 Å². The smallest absolute Gasteiger partial charge is 0.131 e. The van der Waals surface area contributed by atoms with Gasteiger partial charge in [-0.25, -0.2) is 8.78 Å². The average molecular weight is 300 g/mol. The lowest BCUT2D eigenvalue weighted by atomic mass is 10.0. The van der Waals surface area contributed by atoms with E-state index in [1.165, 1.54) is 12.3 Å². The van der Waals surface area contributed by atoms with E-state index in [4.69, 9.17) is 11.6 Å². The summed E-state index contributed by atoms with van der Waals surface area (Å²) in [6.07, 6.45) is 1.53. The Hall–Kier alpha value is -1.46. The Balaban J connectivity index is 2.58. The molecule has 108 valence electrons. The lowest BCUT2D eigenvalue weighted by molar-refractivity contribution is 0.521. The maximum absolute atomic E-state index is 14.1. The van der Waals surface area contributed by atoms with Crippen LogP contribution in [0, 0.1) is 18.6 Å². The SMILES string of the molecule is CCn1ncc(Cl)c1C(NC)c1cc(C)c(F)cc1F. The average Bonchev–Trinajstić information content (AvgIpc) is 2.78. The molecule has 0 aliphatic carbocycles. The van der Waals surface area contributed by atoms with Crippen LogP contribution in [0.5, 0.6) is 0 Å². The number of nitrogens with zero attached hydrogens (tertiary/aromatic N) is 2. The minimum absolute atomic E-state index is 0.350. The van der Waals surface area contributed by atoms with E-state index in [0.717, 1.165) is 6.07 Å². The largest absolute Gasteiger partial charge is 0.308 e. The summed E-state index contributed by atoms with van der Waals surface area (Å²) in [5, 5.41) is 7.61. The highest BCUT2D eigenvalue weighted by Crippen LogP contribution is 2.30. The van der Waals surface area contributed by atoms with E-state index in [2.05, 4.69) is 10.4 Å². The van der Waals surface area contributed by atoms with Crippen LogP contribution < -0.4 is 5.32 Å². The van der Waals surface area contributed by atoms with Crippen LogP contribution in [0.25, 0.3) is 0 Å². The maximum Gasteiger partial charge on any atom is 0.131 e. The molecule has 0 aliphatic heterocycles. The minimum Gasteiger partial charge on any atom is -0.308 e. The van der Waals surface area contributed by atoms with Gasteiger partial charge in [-0.05, 0) is 32.5 Å². The quantitative estimate of drug-likeness (QED) is 0.937. The van der Waals surface area contributed by atoms with Crippen molar-refractivity contribution in [3.05, 3.63) is 51.8 Å². The molecular formula is C14H16ClF2N3. The maximum atomic E-state index is 14.1. The number of aromatic nitrogens is 2. The summed E-state index contributed by atoms with van der Waals surface area (Å²) in [7, 11) is 1.70. The van der Waals surface area contributed by atoms with Gasteiger partial charge >= 0.3 is 0 Å². The van der Waals surface area contributed by atoms with Crippen molar-refractivity contribution in [1.29, 1.82) is 0 Å². The highest BCUT2D eigenvalue weighted by Gasteiger charge is 2.24. The Morgan fingerprint density at radius 3 is 2.65 bits per heavy atom. The van der Waals surface area contributed by atoms with Crippen molar-refractivity contribution in [2.24, 2.45) is 0 Å². The molecule has 0 radical (unpaired) electrons. The van der Waals surface area contributed by atoms with Gasteiger partial charge in [-0.2, -0.15) is 5.10 Å². The summed E-state index contributed by atoms with van der Waals surface area (Å²) in [5.41, 5.74) is 1.41. The van der Waals surface area contributed by atoms with Gasteiger partial charge in [0.05, 0.1) is 23.0 Å². The van der Waals surface area contributed by atoms with E-state index < -0.39 is 17.7 Å². The van der Waals surface area contributed by atoms with Gasteiger partial charge in [0, 0.05) is 18.2 Å². The molecule has 1 atom stereocenters. The number of hydrogen-bond donors (Lipinski definition) is 1. The molecule has 0 bridgehead atoms. The number of hydrogen-bond acceptors (Lipinski definition) is 2. The molecule has 1 aromatic carbocycles. The zero-order valence-corrected chi connectivity index (χ0v) is 12.3. The van der Waals surface area contributed by atoms with Crippen LogP contribution in [0.4, 0.5) is 8.78 Å². The molecule has 3 nitrogen and oxygen atoms in total. The summed E-state index contributed by atoms with van der Waals surface area (Å²) in [5.74, 6) is -1.16. The molecule has 0 saturated heterocycles. The fourth-order valence-electron chi connectivity index (χ4n) is 2.25. The van der Waals surface area contributed by atoms with Gasteiger partial charge in [0.1, 0.15) is 11.6 Å². The Bertz CT molecular complexity index is 625. The van der Waals surface area contributed by atoms with Crippen molar-refractivity contribution < 1.29 is 8.78 Å². The van der Waals surface area contributed by atoms with Gasteiger partial charge in [0.25, 0.3) is 0 Å². The van der Waals surface area contributed by atoms with Crippen LogP contribution in [-0.2, 0) is 6.54 Å². The van der Waals surface area contributed by atoms with Gasteiger partial charge in [-0.15, -0.1) is 0 Å². The molecule has 0 spiro atoms. The first-order chi connectivity index (χ1) is 9.49. The molecule has 1 N–H and O–H groups in total. The fourth-order valence-corrected chi connectivity index (χ4v) is 2.50. The van der Waals surface area contributed by atoms with E-state index in [0.29, 0.717) is 28.4 Å². The van der Waals surface area contributed by atoms with Crippen LogP contribution in [0.15, 0.2) is 18.3 Å². The predicted molar refractivity (Wildman–Crippen MR) is 74.9 cm³/mol. The van der Waals surface area contributed by atoms with Crippen molar-refractivity contribution in [2.45, 2.75) is 26.4 Å². The van der Waals surface area contributed by atoms with Gasteiger partial charge in [-0.1, -0.05) is 11.6 Å². The second kappa shape index (κ2) is 5.89. The van der Waals surface area contributed by atoms with Gasteiger partial charge in [-0.3, -0.25) is 4.68 Å². The molecule has 1 unspecified atom stereocenters. The Morgan fingerprint density at radius 1 is 1.35 bits per heavy atom. The first-order valence-corrected chi connectivity index (χ1v) is 6.71. The Labute approximate surface area is 121 Å². The summed E-state index contributed by atoms with van der Waals surface area (Å²) in [4.78, 5) is 0. The van der Waals surface area contributed by atoms with Crippen molar-refractivity contribution >= 4 is 11.6 Å². The highest BCUT2D eigenvalue weighted by molar-refractivity contribution is 6.31. The number of nitrogens with one attached hydrogen (secondary N) is 1. The molecule has 20 heavy (non-hydrogen) atoms. The van der Waals surface area contributed by atoms with Gasteiger partial charge in [0.15, 0.2) is 0 Å². The summed E-state index contributed by atoms with van der Waals surface area (Å²) in [6.45, 7) is 4.14. The predicted octanol–water partition coefficient (Wildman–Crippen LogP) is 3.45. The Kier molecular flexibility index (Phi) is 4.40. The third kappa shape index (κ3) is 2.55. The van der Waals surface area contributed by atoms with Crippen molar-refractivity contribution in [2.75, 3.05) is 7.05 Å². The zero-order valence-electron chi connectivity index (χ0n) is 11.5. The summed E-state index contributed by atoms with van der Waals surface area (Å²) in [6, 6.07) is 1.91. The standard InChI is InChI=1S/C14H16ClF2N3/c1-4-20-14(10(15)7-19-20)13(18-3)9-5-8(2)11(16)6-12(9)17/h5-7,13,18H,4H2,1-3H3. The van der Waals surface area contributed by atoms with E-state index in [-0.39, 0.29) is 0 Å². The number of aryl methyl sites for hydroxylation is 2. The van der Waals surface area contributed by atoms with Crippen LogP contribution >= 0.6 is 11.6 Å². The number of benzene rings is 1. The number of halogens is 3. The second-order valence-electron chi connectivity index (χ2n) is 4.54.